The molecule has 1 N–H and O–H groups in total. The summed E-state index contributed by atoms with van der Waals surface area (Å²) in [6, 6.07) is -1.41. The number of alkyl carbamates (subject to hydrolysis) is 1. The van der Waals surface area contributed by atoms with E-state index in [9.17, 15) is 13.6 Å². The highest BCUT2D eigenvalue weighted by Crippen LogP contribution is 2.24. The van der Waals surface area contributed by atoms with Crippen LogP contribution in [0.5, 0.6) is 0 Å². The molecule has 0 heterocycles. The lowest BCUT2D eigenvalue weighted by Crippen LogP contribution is -2.47. The fourth-order valence-electron chi connectivity index (χ4n) is 1.24. The van der Waals surface area contributed by atoms with Crippen molar-refractivity contribution in [1.82, 2.24) is 5.32 Å². The molecule has 18 heavy (non-hydrogen) atoms. The zero-order valence-corrected chi connectivity index (χ0v) is 11.3. The summed E-state index contributed by atoms with van der Waals surface area (Å²) in [5.41, 5.74) is -0.724. The van der Waals surface area contributed by atoms with Crippen molar-refractivity contribution >= 4 is 6.09 Å². The molecule has 1 amide bonds. The van der Waals surface area contributed by atoms with Crippen LogP contribution >= 0.6 is 0 Å². The molecule has 0 fully saturated rings. The number of alkyl halides is 2. The first kappa shape index (κ1) is 16.6. The summed E-state index contributed by atoms with van der Waals surface area (Å²) in [5.74, 6) is -3.09. The molecule has 0 saturated carbocycles. The topological polar surface area (TPSA) is 38.3 Å². The molecule has 0 rings (SSSR count). The van der Waals surface area contributed by atoms with Crippen molar-refractivity contribution in [2.45, 2.75) is 51.7 Å². The van der Waals surface area contributed by atoms with Gasteiger partial charge in [-0.25, -0.2) is 13.6 Å². The van der Waals surface area contributed by atoms with Crippen molar-refractivity contribution in [2.75, 3.05) is 0 Å². The van der Waals surface area contributed by atoms with Gasteiger partial charge in [0.1, 0.15) is 11.6 Å². The van der Waals surface area contributed by atoms with Crippen molar-refractivity contribution in [3.63, 3.8) is 0 Å². The number of halogens is 2. The highest BCUT2D eigenvalue weighted by molar-refractivity contribution is 5.68. The Bertz CT molecular complexity index is 319. The van der Waals surface area contributed by atoms with Gasteiger partial charge in [0, 0.05) is 6.42 Å². The predicted molar refractivity (Wildman–Crippen MR) is 67.7 cm³/mol. The summed E-state index contributed by atoms with van der Waals surface area (Å²) in [5, 5.41) is 2.15. The minimum atomic E-state index is -3.09. The van der Waals surface area contributed by atoms with Crippen LogP contribution in [-0.2, 0) is 4.74 Å². The molecular formula is C13H21F2NO2. The lowest BCUT2D eigenvalue weighted by molar-refractivity contribution is -0.0241. The van der Waals surface area contributed by atoms with Crippen molar-refractivity contribution in [3.8, 4) is 0 Å². The Morgan fingerprint density at radius 3 is 2.39 bits per heavy atom. The molecule has 0 aliphatic rings. The summed E-state index contributed by atoms with van der Waals surface area (Å²) in [4.78, 5) is 11.5. The van der Waals surface area contributed by atoms with E-state index in [4.69, 9.17) is 4.74 Å². The van der Waals surface area contributed by atoms with E-state index < -0.39 is 30.1 Å². The number of ether oxygens (including phenoxy) is 1. The van der Waals surface area contributed by atoms with Gasteiger partial charge in [0.25, 0.3) is 5.92 Å². The molecule has 0 aromatic rings. The summed E-state index contributed by atoms with van der Waals surface area (Å²) in [6.07, 6.45) is 2.42. The number of nitrogens with one attached hydrogen (secondary N) is 1. The standard InChI is InChI=1S/C13H21F2NO2/c1-6-8-10(13(14,15)9-7-2)16-11(17)18-12(3,4)5/h6-8,10H,2,9H2,1,3-5H3,(H,16,17)/b8-6+. The van der Waals surface area contributed by atoms with Crippen molar-refractivity contribution < 1.29 is 18.3 Å². The minimum absolute atomic E-state index is 0.516. The first-order valence-electron chi connectivity index (χ1n) is 5.73. The van der Waals surface area contributed by atoms with Gasteiger partial charge < -0.3 is 10.1 Å². The summed E-state index contributed by atoms with van der Waals surface area (Å²) in [6.45, 7) is 9.88. The van der Waals surface area contributed by atoms with Crippen molar-refractivity contribution in [2.24, 2.45) is 0 Å². The second kappa shape index (κ2) is 6.52. The number of allylic oxidation sites excluding steroid dienone is 2. The van der Waals surface area contributed by atoms with Crippen LogP contribution in [0.15, 0.2) is 24.8 Å². The molecule has 0 aliphatic heterocycles. The third kappa shape index (κ3) is 6.37. The molecule has 0 aliphatic carbocycles. The van der Waals surface area contributed by atoms with E-state index in [0.29, 0.717) is 0 Å². The van der Waals surface area contributed by atoms with E-state index >= 15 is 0 Å². The summed E-state index contributed by atoms with van der Waals surface area (Å²) in [7, 11) is 0. The molecule has 0 saturated heterocycles. The SMILES string of the molecule is C=CCC(F)(F)C(/C=C/C)NC(=O)OC(C)(C)C. The van der Waals surface area contributed by atoms with E-state index in [1.165, 1.54) is 12.2 Å². The van der Waals surface area contributed by atoms with Crippen LogP contribution in [0, 0.1) is 0 Å². The van der Waals surface area contributed by atoms with Gasteiger partial charge in [0.2, 0.25) is 0 Å². The maximum absolute atomic E-state index is 13.7. The lowest BCUT2D eigenvalue weighted by Gasteiger charge is -2.26. The largest absolute Gasteiger partial charge is 0.444 e. The third-order valence-electron chi connectivity index (χ3n) is 1.93. The molecule has 0 bridgehead atoms. The summed E-state index contributed by atoms with van der Waals surface area (Å²) >= 11 is 0. The lowest BCUT2D eigenvalue weighted by atomic mass is 10.1. The zero-order valence-electron chi connectivity index (χ0n) is 11.3. The Morgan fingerprint density at radius 1 is 1.44 bits per heavy atom. The Kier molecular flexibility index (Phi) is 6.01. The molecule has 1 atom stereocenters. The maximum atomic E-state index is 13.7. The Hall–Kier alpha value is -1.39. The maximum Gasteiger partial charge on any atom is 0.408 e. The molecule has 0 spiro atoms. The first-order chi connectivity index (χ1) is 8.12. The quantitative estimate of drug-likeness (QED) is 0.767. The highest BCUT2D eigenvalue weighted by atomic mass is 19.3. The summed E-state index contributed by atoms with van der Waals surface area (Å²) < 4.78 is 32.3. The van der Waals surface area contributed by atoms with E-state index in [2.05, 4.69) is 11.9 Å². The molecule has 0 aromatic heterocycles. The normalized spacial score (nSPS) is 14.3. The predicted octanol–water partition coefficient (Wildman–Crippen LogP) is 3.67. The van der Waals surface area contributed by atoms with Gasteiger partial charge in [0.05, 0.1) is 0 Å². The van der Waals surface area contributed by atoms with Gasteiger partial charge in [-0.1, -0.05) is 18.2 Å². The van der Waals surface area contributed by atoms with Crippen molar-refractivity contribution in [3.05, 3.63) is 24.8 Å². The fraction of sp³-hybridized carbons (Fsp3) is 0.615. The Balaban J connectivity index is 4.73. The van der Waals surface area contributed by atoms with Crippen LogP contribution in [0.4, 0.5) is 13.6 Å². The third-order valence-corrected chi connectivity index (χ3v) is 1.93. The van der Waals surface area contributed by atoms with Gasteiger partial charge >= 0.3 is 6.09 Å². The molecular weight excluding hydrogens is 240 g/mol. The fourth-order valence-corrected chi connectivity index (χ4v) is 1.24. The number of rotatable bonds is 5. The Labute approximate surface area is 107 Å². The van der Waals surface area contributed by atoms with E-state index in [-0.39, 0.29) is 0 Å². The van der Waals surface area contributed by atoms with Crippen LogP contribution in [0.25, 0.3) is 0 Å². The smallest absolute Gasteiger partial charge is 0.408 e. The van der Waals surface area contributed by atoms with Crippen LogP contribution in [0.2, 0.25) is 0 Å². The average Bonchev–Trinajstić information content (AvgIpc) is 2.13. The first-order valence-corrected chi connectivity index (χ1v) is 5.73. The minimum Gasteiger partial charge on any atom is -0.444 e. The molecule has 5 heteroatoms. The molecule has 1 unspecified atom stereocenters. The zero-order chi connectivity index (χ0) is 14.4. The molecule has 3 nitrogen and oxygen atoms in total. The molecule has 104 valence electrons. The number of carbonyl (C=O) groups is 1. The van der Waals surface area contributed by atoms with E-state index in [1.807, 2.05) is 0 Å². The van der Waals surface area contributed by atoms with E-state index in [1.54, 1.807) is 27.7 Å². The van der Waals surface area contributed by atoms with Gasteiger partial charge in [-0.3, -0.25) is 0 Å². The van der Waals surface area contributed by atoms with Gasteiger partial charge in [-0.15, -0.1) is 6.58 Å². The molecule has 0 aromatic carbocycles. The van der Waals surface area contributed by atoms with Crippen LogP contribution in [-0.4, -0.2) is 23.7 Å². The van der Waals surface area contributed by atoms with Gasteiger partial charge in [-0.2, -0.15) is 0 Å². The average molecular weight is 261 g/mol. The van der Waals surface area contributed by atoms with Gasteiger partial charge in [0.15, 0.2) is 0 Å². The monoisotopic (exact) mass is 261 g/mol. The Morgan fingerprint density at radius 2 is 2.00 bits per heavy atom. The highest BCUT2D eigenvalue weighted by Gasteiger charge is 2.38. The van der Waals surface area contributed by atoms with Crippen LogP contribution < -0.4 is 5.32 Å². The van der Waals surface area contributed by atoms with Crippen molar-refractivity contribution in [1.29, 1.82) is 0 Å². The van der Waals surface area contributed by atoms with E-state index in [0.717, 1.165) is 6.08 Å². The number of carbonyl (C=O) groups excluding carboxylic acids is 1. The second-order valence-corrected chi connectivity index (χ2v) is 4.90. The van der Waals surface area contributed by atoms with Gasteiger partial charge in [-0.05, 0) is 27.7 Å². The number of hydrogen-bond acceptors (Lipinski definition) is 2. The van der Waals surface area contributed by atoms with Crippen LogP contribution in [0.3, 0.4) is 0 Å². The second-order valence-electron chi connectivity index (χ2n) is 4.90. The van der Waals surface area contributed by atoms with Crippen LogP contribution in [0.1, 0.15) is 34.1 Å². The number of hydrogen-bond donors (Lipinski definition) is 1. The molecule has 0 radical (unpaired) electrons. The number of amides is 1.